The second-order valence-electron chi connectivity index (χ2n) is 8.54. The van der Waals surface area contributed by atoms with Crippen molar-refractivity contribution in [1.82, 2.24) is 15.1 Å². The second-order valence-corrected chi connectivity index (χ2v) is 8.54. The Labute approximate surface area is 214 Å². The van der Waals surface area contributed by atoms with Crippen LogP contribution in [-0.2, 0) is 22.6 Å². The third-order valence-corrected chi connectivity index (χ3v) is 4.49. The van der Waals surface area contributed by atoms with Gasteiger partial charge in [0.1, 0.15) is 17.3 Å². The summed E-state index contributed by atoms with van der Waals surface area (Å²) in [6.45, 7) is 15.1. The first-order valence-corrected chi connectivity index (χ1v) is 12.6. The average molecular weight is 512 g/mol. The van der Waals surface area contributed by atoms with Gasteiger partial charge in [0.25, 0.3) is 0 Å². The zero-order valence-corrected chi connectivity index (χ0v) is 22.8. The van der Waals surface area contributed by atoms with E-state index >= 15 is 0 Å². The van der Waals surface area contributed by atoms with Crippen molar-refractivity contribution in [1.29, 1.82) is 0 Å². The lowest BCUT2D eigenvalue weighted by atomic mass is 10.0. The maximum atomic E-state index is 13.9. The highest BCUT2D eigenvalue weighted by atomic mass is 19.1. The van der Waals surface area contributed by atoms with E-state index in [1.54, 1.807) is 0 Å². The van der Waals surface area contributed by atoms with E-state index < -0.39 is 11.6 Å². The van der Waals surface area contributed by atoms with Crippen molar-refractivity contribution in [2.75, 3.05) is 19.8 Å². The molecule has 7 nitrogen and oxygen atoms in total. The Bertz CT molecular complexity index is 917. The summed E-state index contributed by atoms with van der Waals surface area (Å²) in [5, 5.41) is 15.0. The van der Waals surface area contributed by atoms with E-state index in [1.165, 1.54) is 11.6 Å². The van der Waals surface area contributed by atoms with Crippen LogP contribution >= 0.6 is 0 Å². The maximum absolute atomic E-state index is 13.9. The van der Waals surface area contributed by atoms with Crippen LogP contribution in [0.15, 0.2) is 18.2 Å². The van der Waals surface area contributed by atoms with E-state index in [0.717, 1.165) is 37.0 Å². The number of nitrogens with one attached hydrogen (secondary N) is 1. The van der Waals surface area contributed by atoms with Crippen molar-refractivity contribution >= 4 is 11.8 Å². The van der Waals surface area contributed by atoms with Crippen LogP contribution in [0.3, 0.4) is 0 Å². The minimum absolute atomic E-state index is 0.0257. The molecule has 0 bridgehead atoms. The number of rotatable bonds is 6. The number of aromatic nitrogens is 2. The fourth-order valence-corrected chi connectivity index (χ4v) is 3.01. The highest BCUT2D eigenvalue weighted by molar-refractivity contribution is 5.78. The van der Waals surface area contributed by atoms with Crippen LogP contribution < -0.4 is 5.32 Å². The molecule has 0 radical (unpaired) electrons. The van der Waals surface area contributed by atoms with Gasteiger partial charge >= 0.3 is 0 Å². The predicted molar refractivity (Wildman–Crippen MR) is 139 cm³/mol. The molecule has 204 valence electrons. The van der Waals surface area contributed by atoms with Gasteiger partial charge in [0.2, 0.25) is 11.8 Å². The molecule has 36 heavy (non-hydrogen) atoms. The normalized spacial score (nSPS) is 11.6. The molecule has 0 saturated carbocycles. The number of amides is 1. The van der Waals surface area contributed by atoms with Crippen LogP contribution in [-0.4, -0.2) is 46.5 Å². The molecule has 0 spiro atoms. The van der Waals surface area contributed by atoms with E-state index in [9.17, 15) is 18.4 Å². The third kappa shape index (κ3) is 11.9. The van der Waals surface area contributed by atoms with E-state index in [0.29, 0.717) is 37.3 Å². The average Bonchev–Trinajstić information content (AvgIpc) is 3.24. The molecule has 0 aliphatic carbocycles. The van der Waals surface area contributed by atoms with Crippen molar-refractivity contribution in [2.45, 2.75) is 80.8 Å². The van der Waals surface area contributed by atoms with Gasteiger partial charge in [-0.2, -0.15) is 5.10 Å². The minimum atomic E-state index is -0.576. The number of nitrogens with zero attached hydrogens (tertiary/aromatic N) is 2. The van der Waals surface area contributed by atoms with E-state index in [-0.39, 0.29) is 36.3 Å². The molecule has 2 N–H and O–H groups in total. The molecule has 0 unspecified atom stereocenters. The molecule has 0 atom stereocenters. The Morgan fingerprint density at radius 3 is 2.42 bits per heavy atom. The molecule has 1 aromatic heterocycles. The van der Waals surface area contributed by atoms with Crippen molar-refractivity contribution in [3.8, 4) is 11.3 Å². The summed E-state index contributed by atoms with van der Waals surface area (Å²) in [5.41, 5.74) is 1.68. The molecule has 1 aromatic carbocycles. The Morgan fingerprint density at radius 1 is 1.22 bits per heavy atom. The smallest absolute Gasteiger partial charge is 0.243 e. The molecular weight excluding hydrogens is 468 g/mol. The number of halogens is 2. The zero-order chi connectivity index (χ0) is 27.7. The van der Waals surface area contributed by atoms with Crippen molar-refractivity contribution < 1.29 is 28.2 Å². The van der Waals surface area contributed by atoms with E-state index in [1.807, 2.05) is 20.8 Å². The van der Waals surface area contributed by atoms with Crippen LogP contribution in [0.25, 0.3) is 11.3 Å². The lowest BCUT2D eigenvalue weighted by molar-refractivity contribution is -0.121. The minimum Gasteiger partial charge on any atom is -0.395 e. The molecule has 1 amide bonds. The first-order chi connectivity index (χ1) is 17.1. The first kappa shape index (κ1) is 33.4. The summed E-state index contributed by atoms with van der Waals surface area (Å²) in [6, 6.07) is 3.17. The molecule has 9 heteroatoms. The summed E-state index contributed by atoms with van der Waals surface area (Å²) in [7, 11) is 0. The number of hydrogen-bond donors (Lipinski definition) is 2. The number of benzene rings is 1. The Balaban J connectivity index is 0.000000646. The number of hydrogen-bond acceptors (Lipinski definition) is 5. The fourth-order valence-electron chi connectivity index (χ4n) is 3.01. The van der Waals surface area contributed by atoms with E-state index in [2.05, 4.69) is 31.2 Å². The lowest BCUT2D eigenvalue weighted by Gasteiger charge is -2.14. The van der Waals surface area contributed by atoms with Crippen molar-refractivity contribution in [2.24, 2.45) is 5.92 Å². The topological polar surface area (TPSA) is 93.5 Å². The molecule has 3 rings (SSSR count). The Hall–Kier alpha value is -2.65. The van der Waals surface area contributed by atoms with Gasteiger partial charge in [-0.3, -0.25) is 9.59 Å². The number of ether oxygens (including phenoxy) is 1. The summed E-state index contributed by atoms with van der Waals surface area (Å²) in [5.74, 6) is -0.515. The van der Waals surface area contributed by atoms with Gasteiger partial charge in [-0.1, -0.05) is 48.0 Å². The number of aliphatic hydroxyl groups excluding tert-OH is 1. The monoisotopic (exact) mass is 511 g/mol. The van der Waals surface area contributed by atoms with Crippen molar-refractivity contribution in [3.63, 3.8) is 0 Å². The van der Waals surface area contributed by atoms with Gasteiger partial charge in [0, 0.05) is 37.4 Å². The Kier molecular flexibility index (Phi) is 17.2. The standard InChI is InChI=1S/C14H12F2N2O2.C7H15NO2.C4H10.C2H6/c1-8(19)18-13-4-5-20-7-11(13)14(17-18)10-6-9(15)2-3-12(10)16;1-2-3-4-7(10)8-5-6-9;1-4(2)3;1-2/h2-3,6H,4-5,7H2,1H3;9H,2-6H2,1H3,(H,8,10);4H,1-3H3;1-2H3. The first-order valence-electron chi connectivity index (χ1n) is 12.6. The SMILES string of the molecule is CC.CC(=O)n1nc(-c2cc(F)ccc2F)c2c1CCOC2.CC(C)C.CCCCC(=O)NCCO. The molecular formula is C27H43F2N3O4. The number of aliphatic hydroxyl groups is 1. The van der Waals surface area contributed by atoms with Crippen molar-refractivity contribution in [3.05, 3.63) is 41.1 Å². The third-order valence-electron chi connectivity index (χ3n) is 4.49. The largest absolute Gasteiger partial charge is 0.395 e. The molecule has 1 aliphatic heterocycles. The summed E-state index contributed by atoms with van der Waals surface area (Å²) >= 11 is 0. The molecule has 2 heterocycles. The number of unbranched alkanes of at least 4 members (excludes halogenated alkanes) is 1. The van der Waals surface area contributed by atoms with Gasteiger partial charge in [-0.25, -0.2) is 13.5 Å². The molecule has 0 fully saturated rings. The lowest BCUT2D eigenvalue weighted by Crippen LogP contribution is -2.25. The van der Waals surface area contributed by atoms with Crippen LogP contribution in [0.1, 0.15) is 83.8 Å². The van der Waals surface area contributed by atoms with Crippen LogP contribution in [0.2, 0.25) is 0 Å². The zero-order valence-electron chi connectivity index (χ0n) is 22.8. The van der Waals surface area contributed by atoms with Gasteiger partial charge in [0.15, 0.2) is 0 Å². The maximum Gasteiger partial charge on any atom is 0.243 e. The van der Waals surface area contributed by atoms with Crippen LogP contribution in [0.5, 0.6) is 0 Å². The van der Waals surface area contributed by atoms with Gasteiger partial charge in [-0.05, 0) is 30.5 Å². The summed E-state index contributed by atoms with van der Waals surface area (Å²) in [4.78, 5) is 22.3. The molecule has 1 aliphatic rings. The quantitative estimate of drug-likeness (QED) is 0.532. The number of carbonyl (C=O) groups is 2. The number of fused-ring (bicyclic) bond motifs is 1. The summed E-state index contributed by atoms with van der Waals surface area (Å²) < 4.78 is 33.8. The van der Waals surface area contributed by atoms with Crippen LogP contribution in [0.4, 0.5) is 8.78 Å². The van der Waals surface area contributed by atoms with Gasteiger partial charge in [-0.15, -0.1) is 0 Å². The van der Waals surface area contributed by atoms with Gasteiger partial charge < -0.3 is 15.2 Å². The Morgan fingerprint density at radius 2 is 1.86 bits per heavy atom. The van der Waals surface area contributed by atoms with E-state index in [4.69, 9.17) is 9.84 Å². The second kappa shape index (κ2) is 18.6. The predicted octanol–water partition coefficient (Wildman–Crippen LogP) is 5.53. The molecule has 2 aromatic rings. The highest BCUT2D eigenvalue weighted by Crippen LogP contribution is 2.31. The summed E-state index contributed by atoms with van der Waals surface area (Å²) in [6.07, 6.45) is 3.07. The number of carbonyl (C=O) groups excluding carboxylic acids is 2. The fraction of sp³-hybridized carbons (Fsp3) is 0.593. The van der Waals surface area contributed by atoms with Crippen LogP contribution in [0, 0.1) is 17.6 Å². The van der Waals surface area contributed by atoms with Gasteiger partial charge in [0.05, 0.1) is 25.5 Å². The molecule has 0 saturated heterocycles. The highest BCUT2D eigenvalue weighted by Gasteiger charge is 2.25.